The summed E-state index contributed by atoms with van der Waals surface area (Å²) in [5.74, 6) is 0. The van der Waals surface area contributed by atoms with Crippen LogP contribution < -0.4 is 0 Å². The first-order chi connectivity index (χ1) is 0. The van der Waals surface area contributed by atoms with Gasteiger partial charge in [0.05, 0.1) is 0 Å². The summed E-state index contributed by atoms with van der Waals surface area (Å²) in [7, 11) is 0. The van der Waals surface area contributed by atoms with Gasteiger partial charge in [0.15, 0.2) is 17.4 Å². The largest absolute Gasteiger partial charge is 2.00 e. The minimum Gasteiger partial charge on any atom is -1.00 e. The summed E-state index contributed by atoms with van der Waals surface area (Å²) in [5.41, 5.74) is 0. The van der Waals surface area contributed by atoms with Gasteiger partial charge in [-0.05, 0) is 11.0 Å². The van der Waals surface area contributed by atoms with Crippen LogP contribution in [0.25, 0.3) is 0 Å². The molecular formula is H9AlMgMoSiZn. The van der Waals surface area contributed by atoms with Crippen molar-refractivity contribution in [2.75, 3.05) is 0 Å². The predicted octanol–water partition coefficient (Wildman–Crippen LogP) is -2.80. The quantitative estimate of drug-likeness (QED) is 0.407. The minimum absolute atomic E-state index is 0. The van der Waals surface area contributed by atoms with E-state index in [2.05, 4.69) is 0 Å². The van der Waals surface area contributed by atoms with E-state index in [9.17, 15) is 0 Å². The van der Waals surface area contributed by atoms with E-state index in [1.54, 1.807) is 0 Å². The van der Waals surface area contributed by atoms with Crippen LogP contribution in [0.15, 0.2) is 0 Å². The number of hydrogen-bond donors (Lipinski definition) is 0. The molecular weight excluding hydrogens is 241 g/mol. The predicted molar refractivity (Wildman–Crippen MR) is 29.3 cm³/mol. The Morgan fingerprint density at radius 1 is 1.20 bits per heavy atom. The maximum absolute atomic E-state index is 0. The maximum atomic E-state index is 0. The Kier molecular flexibility index (Phi) is 265. The van der Waals surface area contributed by atoms with Gasteiger partial charge in [-0.25, -0.2) is 0 Å². The van der Waals surface area contributed by atoms with E-state index in [1.165, 1.54) is 0 Å². The molecule has 0 bridgehead atoms. The molecule has 0 nitrogen and oxygen atoms in total. The molecule has 0 rings (SSSR count). The summed E-state index contributed by atoms with van der Waals surface area (Å²) in [6.07, 6.45) is 0. The van der Waals surface area contributed by atoms with Gasteiger partial charge >= 0.3 is 23.1 Å². The van der Waals surface area contributed by atoms with Crippen LogP contribution in [0, 0.1) is 0 Å². The molecule has 0 aliphatic rings. The van der Waals surface area contributed by atoms with Crippen molar-refractivity contribution in [1.29, 1.82) is 0 Å². The zero-order chi connectivity index (χ0) is 0. The number of hydrogen-bond acceptors (Lipinski definition) is 0. The van der Waals surface area contributed by atoms with Crippen molar-refractivity contribution >= 4 is 51.4 Å². The second-order valence-corrected chi connectivity index (χ2v) is 0. The average Bonchev–Trinajstić information content (AvgIpc) is 0. The summed E-state index contributed by atoms with van der Waals surface area (Å²) in [6, 6.07) is 0. The van der Waals surface area contributed by atoms with Crippen LogP contribution in [0.1, 0.15) is 2.85 Å². The summed E-state index contributed by atoms with van der Waals surface area (Å²) < 4.78 is 0. The summed E-state index contributed by atoms with van der Waals surface area (Å²) in [4.78, 5) is 0. The maximum Gasteiger partial charge on any atom is 2.00 e. The van der Waals surface area contributed by atoms with Crippen molar-refractivity contribution in [3.63, 3.8) is 0 Å². The molecule has 0 aromatic heterocycles. The van der Waals surface area contributed by atoms with Crippen molar-refractivity contribution in [3.05, 3.63) is 0 Å². The van der Waals surface area contributed by atoms with E-state index in [-0.39, 0.29) is 94.8 Å². The third-order valence-electron chi connectivity index (χ3n) is 0. The third-order valence-corrected chi connectivity index (χ3v) is 0. The van der Waals surface area contributed by atoms with Gasteiger partial charge in [-0.1, -0.05) is 0 Å². The molecule has 0 fully saturated rings. The molecule has 0 aromatic rings. The molecule has 0 aromatic carbocycles. The zero-order valence-corrected chi connectivity index (χ0v) is 8.21. The normalized spacial score (nSPS) is 0. The fraction of sp³-hybridized carbons (Fsp3) is 0. The fourth-order valence-corrected chi connectivity index (χ4v) is 0. The molecule has 0 N–H and O–H groups in total. The Balaban J connectivity index is 0. The van der Waals surface area contributed by atoms with Crippen LogP contribution in [0.3, 0.4) is 0 Å². The first kappa shape index (κ1) is 45.6. The van der Waals surface area contributed by atoms with Gasteiger partial charge in [-0.2, -0.15) is 0 Å². The SMILES string of the molecule is [AlH3].[H-].[H-].[Mg+2].[Mo].[SiH4].[Zn]. The van der Waals surface area contributed by atoms with Crippen molar-refractivity contribution in [3.8, 4) is 0 Å². The Bertz CT molecular complexity index is 17.7. The minimum atomic E-state index is 0. The second kappa shape index (κ2) is 29.0. The van der Waals surface area contributed by atoms with Crippen LogP contribution in [-0.2, 0) is 40.5 Å². The van der Waals surface area contributed by atoms with Gasteiger partial charge in [-0.3, -0.25) is 0 Å². The molecule has 0 aliphatic carbocycles. The molecule has 0 spiro atoms. The fourth-order valence-electron chi connectivity index (χ4n) is 0. The molecule has 0 unspecified atom stereocenters. The van der Waals surface area contributed by atoms with E-state index < -0.39 is 0 Å². The third kappa shape index (κ3) is 19.9. The van der Waals surface area contributed by atoms with Crippen molar-refractivity contribution in [2.24, 2.45) is 0 Å². The van der Waals surface area contributed by atoms with Gasteiger partial charge in [0, 0.05) is 40.5 Å². The van der Waals surface area contributed by atoms with Gasteiger partial charge < -0.3 is 2.85 Å². The van der Waals surface area contributed by atoms with E-state index in [1.807, 2.05) is 0 Å². The Hall–Kier alpha value is 2.83. The molecule has 0 amide bonds. The first-order valence-electron chi connectivity index (χ1n) is 0. The van der Waals surface area contributed by atoms with Crippen LogP contribution >= 0.6 is 0 Å². The first-order valence-corrected chi connectivity index (χ1v) is 0. The van der Waals surface area contributed by atoms with Crippen LogP contribution in [0.5, 0.6) is 0 Å². The van der Waals surface area contributed by atoms with Gasteiger partial charge in [0.25, 0.3) is 0 Å². The molecule has 0 saturated carbocycles. The second-order valence-electron chi connectivity index (χ2n) is 0. The van der Waals surface area contributed by atoms with E-state index >= 15 is 0 Å². The molecule has 0 atom stereocenters. The molecule has 0 heterocycles. The smallest absolute Gasteiger partial charge is 1.00 e. The van der Waals surface area contributed by atoms with E-state index in [0.717, 1.165) is 0 Å². The summed E-state index contributed by atoms with van der Waals surface area (Å²) >= 11 is 0. The Morgan fingerprint density at radius 3 is 1.20 bits per heavy atom. The average molecular weight is 250 g/mol. The van der Waals surface area contributed by atoms with Gasteiger partial charge in [0.2, 0.25) is 0 Å². The Labute approximate surface area is 93.5 Å². The molecule has 5 heteroatoms. The summed E-state index contributed by atoms with van der Waals surface area (Å²) in [5, 5.41) is 0. The van der Waals surface area contributed by atoms with Gasteiger partial charge in [-0.15, -0.1) is 0 Å². The molecule has 0 aliphatic heterocycles. The molecule has 5 heavy (non-hydrogen) atoms. The molecule has 0 saturated heterocycles. The topological polar surface area (TPSA) is 0 Å². The van der Waals surface area contributed by atoms with Crippen LogP contribution in [0.2, 0.25) is 0 Å². The van der Waals surface area contributed by atoms with Crippen LogP contribution in [0.4, 0.5) is 0 Å². The standard InChI is InChI=1S/Al.Mg.Mo.H4Si.Zn.5H/h;;;1H4;;;;;;/q;+2;;;;;;;2*-1. The van der Waals surface area contributed by atoms with Crippen molar-refractivity contribution in [2.45, 2.75) is 0 Å². The van der Waals surface area contributed by atoms with Crippen molar-refractivity contribution < 1.29 is 43.4 Å². The molecule has 26 valence electrons. The van der Waals surface area contributed by atoms with Crippen molar-refractivity contribution in [1.82, 2.24) is 0 Å². The summed E-state index contributed by atoms with van der Waals surface area (Å²) in [6.45, 7) is 0. The Morgan fingerprint density at radius 2 is 1.20 bits per heavy atom. The van der Waals surface area contributed by atoms with Crippen LogP contribution in [-0.4, -0.2) is 51.4 Å². The zero-order valence-electron chi connectivity index (χ0n) is 3.82. The van der Waals surface area contributed by atoms with E-state index in [0.29, 0.717) is 0 Å². The molecule has 0 radical (unpaired) electrons. The number of rotatable bonds is 0. The van der Waals surface area contributed by atoms with E-state index in [4.69, 9.17) is 0 Å². The monoisotopic (exact) mass is 250 g/mol. The van der Waals surface area contributed by atoms with Gasteiger partial charge in [0.1, 0.15) is 0 Å².